The number of thiazole rings is 1. The number of carbonyl (C=O) groups excluding carboxylic acids is 1. The van der Waals surface area contributed by atoms with Crippen LogP contribution in [0.3, 0.4) is 0 Å². The first-order valence-corrected chi connectivity index (χ1v) is 7.91. The minimum Gasteiger partial charge on any atom is -0.493 e. The van der Waals surface area contributed by atoms with E-state index in [2.05, 4.69) is 10.3 Å². The van der Waals surface area contributed by atoms with E-state index in [1.54, 1.807) is 23.5 Å². The van der Waals surface area contributed by atoms with Gasteiger partial charge in [0.25, 0.3) is 5.91 Å². The number of benzene rings is 1. The SMILES string of the molecule is COc1cc(C(=O)NC(C)c2csc(C)n2)cc(OC)c1OC. The number of hydrogen-bond acceptors (Lipinski definition) is 6. The molecule has 124 valence electrons. The van der Waals surface area contributed by atoms with E-state index in [1.807, 2.05) is 19.2 Å². The Bertz CT molecular complexity index is 674. The predicted molar refractivity (Wildman–Crippen MR) is 88.8 cm³/mol. The number of carbonyl (C=O) groups is 1. The van der Waals surface area contributed by atoms with E-state index < -0.39 is 0 Å². The molecule has 0 radical (unpaired) electrons. The molecule has 0 fully saturated rings. The van der Waals surface area contributed by atoms with E-state index >= 15 is 0 Å². The van der Waals surface area contributed by atoms with E-state index in [-0.39, 0.29) is 11.9 Å². The van der Waals surface area contributed by atoms with Crippen molar-refractivity contribution in [1.82, 2.24) is 10.3 Å². The summed E-state index contributed by atoms with van der Waals surface area (Å²) in [4.78, 5) is 16.9. The molecule has 0 bridgehead atoms. The van der Waals surface area contributed by atoms with Crippen LogP contribution in [0.5, 0.6) is 17.2 Å². The van der Waals surface area contributed by atoms with Crippen LogP contribution < -0.4 is 19.5 Å². The molecule has 0 aliphatic carbocycles. The monoisotopic (exact) mass is 336 g/mol. The number of nitrogens with one attached hydrogen (secondary N) is 1. The smallest absolute Gasteiger partial charge is 0.252 e. The molecule has 0 saturated heterocycles. The summed E-state index contributed by atoms with van der Waals surface area (Å²) >= 11 is 1.55. The van der Waals surface area contributed by atoms with Crippen LogP contribution in [0.4, 0.5) is 0 Å². The van der Waals surface area contributed by atoms with Gasteiger partial charge in [-0.2, -0.15) is 0 Å². The first kappa shape index (κ1) is 17.1. The first-order chi connectivity index (χ1) is 11.0. The number of aryl methyl sites for hydroxylation is 1. The molecule has 1 aromatic heterocycles. The van der Waals surface area contributed by atoms with Crippen molar-refractivity contribution in [3.05, 3.63) is 33.8 Å². The van der Waals surface area contributed by atoms with Crippen molar-refractivity contribution in [2.75, 3.05) is 21.3 Å². The number of methoxy groups -OCH3 is 3. The molecule has 0 aliphatic rings. The van der Waals surface area contributed by atoms with Crippen molar-refractivity contribution >= 4 is 17.2 Å². The van der Waals surface area contributed by atoms with E-state index in [9.17, 15) is 4.79 Å². The van der Waals surface area contributed by atoms with Crippen LogP contribution in [0.15, 0.2) is 17.5 Å². The number of ether oxygens (including phenoxy) is 3. The summed E-state index contributed by atoms with van der Waals surface area (Å²) in [5.74, 6) is 1.10. The Labute approximate surface area is 139 Å². The summed E-state index contributed by atoms with van der Waals surface area (Å²) in [6.45, 7) is 3.83. The number of hydrogen-bond donors (Lipinski definition) is 1. The second kappa shape index (κ2) is 7.32. The number of aromatic nitrogens is 1. The van der Waals surface area contributed by atoms with E-state index in [0.717, 1.165) is 10.7 Å². The van der Waals surface area contributed by atoms with Gasteiger partial charge in [0.1, 0.15) is 0 Å². The van der Waals surface area contributed by atoms with Crippen LogP contribution in [-0.4, -0.2) is 32.2 Å². The topological polar surface area (TPSA) is 69.7 Å². The molecule has 7 heteroatoms. The second-order valence-electron chi connectivity index (χ2n) is 4.90. The fraction of sp³-hybridized carbons (Fsp3) is 0.375. The first-order valence-electron chi connectivity index (χ1n) is 7.03. The summed E-state index contributed by atoms with van der Waals surface area (Å²) < 4.78 is 15.8. The minimum absolute atomic E-state index is 0.188. The third kappa shape index (κ3) is 3.73. The molecule has 1 heterocycles. The lowest BCUT2D eigenvalue weighted by atomic mass is 10.1. The normalized spacial score (nSPS) is 11.7. The lowest BCUT2D eigenvalue weighted by Crippen LogP contribution is -2.27. The zero-order chi connectivity index (χ0) is 17.0. The summed E-state index contributed by atoms with van der Waals surface area (Å²) in [5.41, 5.74) is 1.27. The molecule has 0 spiro atoms. The maximum Gasteiger partial charge on any atom is 0.252 e. The van der Waals surface area contributed by atoms with E-state index in [0.29, 0.717) is 22.8 Å². The van der Waals surface area contributed by atoms with Gasteiger partial charge >= 0.3 is 0 Å². The molecule has 1 atom stereocenters. The van der Waals surface area contributed by atoms with Gasteiger partial charge in [-0.25, -0.2) is 4.98 Å². The highest BCUT2D eigenvalue weighted by Crippen LogP contribution is 2.38. The highest BCUT2D eigenvalue weighted by atomic mass is 32.1. The highest BCUT2D eigenvalue weighted by molar-refractivity contribution is 7.09. The Morgan fingerprint density at radius 2 is 1.78 bits per heavy atom. The van der Waals surface area contributed by atoms with Gasteiger partial charge in [-0.05, 0) is 26.0 Å². The van der Waals surface area contributed by atoms with Crippen molar-refractivity contribution < 1.29 is 19.0 Å². The zero-order valence-corrected chi connectivity index (χ0v) is 14.6. The van der Waals surface area contributed by atoms with Crippen molar-refractivity contribution in [2.45, 2.75) is 19.9 Å². The maximum atomic E-state index is 12.5. The van der Waals surface area contributed by atoms with Crippen LogP contribution in [0.1, 0.15) is 34.0 Å². The van der Waals surface area contributed by atoms with Crippen molar-refractivity contribution in [1.29, 1.82) is 0 Å². The van der Waals surface area contributed by atoms with Gasteiger partial charge in [-0.1, -0.05) is 0 Å². The van der Waals surface area contributed by atoms with Gasteiger partial charge in [-0.3, -0.25) is 4.79 Å². The van der Waals surface area contributed by atoms with Crippen molar-refractivity contribution in [3.63, 3.8) is 0 Å². The Balaban J connectivity index is 2.25. The Morgan fingerprint density at radius 1 is 1.17 bits per heavy atom. The van der Waals surface area contributed by atoms with Crippen LogP contribution in [0.25, 0.3) is 0 Å². The lowest BCUT2D eigenvalue weighted by molar-refractivity contribution is 0.0938. The predicted octanol–water partition coefficient (Wildman–Crippen LogP) is 2.97. The highest BCUT2D eigenvalue weighted by Gasteiger charge is 2.19. The fourth-order valence-corrected chi connectivity index (χ4v) is 2.85. The zero-order valence-electron chi connectivity index (χ0n) is 13.8. The van der Waals surface area contributed by atoms with Gasteiger partial charge in [0.05, 0.1) is 38.1 Å². The molecule has 2 rings (SSSR count). The van der Waals surface area contributed by atoms with Crippen LogP contribution in [0, 0.1) is 6.92 Å². The molecule has 1 aromatic carbocycles. The summed E-state index contributed by atoms with van der Waals surface area (Å²) in [7, 11) is 4.55. The minimum atomic E-state index is -0.234. The average molecular weight is 336 g/mol. The third-order valence-corrected chi connectivity index (χ3v) is 4.15. The van der Waals surface area contributed by atoms with Crippen molar-refractivity contribution in [3.8, 4) is 17.2 Å². The van der Waals surface area contributed by atoms with Crippen LogP contribution in [0.2, 0.25) is 0 Å². The fourth-order valence-electron chi connectivity index (χ4n) is 2.15. The second-order valence-corrected chi connectivity index (χ2v) is 5.96. The average Bonchev–Trinajstić information content (AvgIpc) is 2.99. The Morgan fingerprint density at radius 3 is 2.22 bits per heavy atom. The molecular weight excluding hydrogens is 316 g/mol. The lowest BCUT2D eigenvalue weighted by Gasteiger charge is -2.15. The number of amides is 1. The standard InChI is InChI=1S/C16H20N2O4S/c1-9(12-8-23-10(2)18-12)17-16(19)11-6-13(20-3)15(22-5)14(7-11)21-4/h6-9H,1-5H3,(H,17,19). The summed E-state index contributed by atoms with van der Waals surface area (Å²) in [5, 5.41) is 5.83. The van der Waals surface area contributed by atoms with Gasteiger partial charge in [0.2, 0.25) is 5.75 Å². The largest absolute Gasteiger partial charge is 0.493 e. The molecule has 1 amide bonds. The van der Waals surface area contributed by atoms with Crippen LogP contribution >= 0.6 is 11.3 Å². The molecule has 0 aliphatic heterocycles. The molecule has 6 nitrogen and oxygen atoms in total. The maximum absolute atomic E-state index is 12.5. The van der Waals surface area contributed by atoms with Gasteiger partial charge in [0.15, 0.2) is 11.5 Å². The van der Waals surface area contributed by atoms with Gasteiger partial charge < -0.3 is 19.5 Å². The van der Waals surface area contributed by atoms with Gasteiger partial charge in [-0.15, -0.1) is 11.3 Å². The number of rotatable bonds is 6. The Hall–Kier alpha value is -2.28. The molecule has 1 N–H and O–H groups in total. The third-order valence-electron chi connectivity index (χ3n) is 3.35. The van der Waals surface area contributed by atoms with Crippen LogP contribution in [-0.2, 0) is 0 Å². The molecule has 23 heavy (non-hydrogen) atoms. The van der Waals surface area contributed by atoms with E-state index in [1.165, 1.54) is 21.3 Å². The molecule has 2 aromatic rings. The molecular formula is C16H20N2O4S. The molecule has 1 unspecified atom stereocenters. The quantitative estimate of drug-likeness (QED) is 0.878. The van der Waals surface area contributed by atoms with Crippen molar-refractivity contribution in [2.24, 2.45) is 0 Å². The molecule has 0 saturated carbocycles. The Kier molecular flexibility index (Phi) is 5.44. The van der Waals surface area contributed by atoms with Gasteiger partial charge in [0, 0.05) is 10.9 Å². The summed E-state index contributed by atoms with van der Waals surface area (Å²) in [6, 6.07) is 3.05. The van der Waals surface area contributed by atoms with E-state index in [4.69, 9.17) is 14.2 Å². The summed E-state index contributed by atoms with van der Waals surface area (Å²) in [6.07, 6.45) is 0. The number of nitrogens with zero attached hydrogens (tertiary/aromatic N) is 1.